The Kier molecular flexibility index (Phi) is 6.25. The summed E-state index contributed by atoms with van der Waals surface area (Å²) < 4.78 is 27.9. The maximum absolute atomic E-state index is 13.3. The highest BCUT2D eigenvalue weighted by atomic mass is 32.2. The van der Waals surface area contributed by atoms with Gasteiger partial charge in [0.2, 0.25) is 15.9 Å². The molecule has 0 radical (unpaired) electrons. The zero-order valence-electron chi connectivity index (χ0n) is 17.3. The molecule has 8 heteroatoms. The molecule has 0 bridgehead atoms. The monoisotopic (exact) mass is 452 g/mol. The van der Waals surface area contributed by atoms with Crippen LogP contribution in [0.25, 0.3) is 10.8 Å². The molecule has 1 amide bonds. The smallest absolute Gasteiger partial charge is 0.326 e. The lowest BCUT2D eigenvalue weighted by Crippen LogP contribution is -2.51. The fraction of sp³-hybridized carbons (Fsp3) is 0.250. The molecule has 3 aromatic carbocycles. The van der Waals surface area contributed by atoms with E-state index < -0.39 is 34.0 Å². The number of carbonyl (C=O) groups excluding carboxylic acids is 1. The average Bonchev–Trinajstić information content (AvgIpc) is 3.30. The van der Waals surface area contributed by atoms with Crippen molar-refractivity contribution in [1.29, 1.82) is 0 Å². The van der Waals surface area contributed by atoms with Crippen molar-refractivity contribution in [2.75, 3.05) is 6.54 Å². The summed E-state index contributed by atoms with van der Waals surface area (Å²) in [5.41, 5.74) is 0.771. The zero-order chi connectivity index (χ0) is 22.7. The van der Waals surface area contributed by atoms with Gasteiger partial charge in [0.25, 0.3) is 0 Å². The first kappa shape index (κ1) is 22.0. The lowest BCUT2D eigenvalue weighted by molar-refractivity contribution is -0.142. The van der Waals surface area contributed by atoms with E-state index >= 15 is 0 Å². The van der Waals surface area contributed by atoms with Crippen molar-refractivity contribution in [1.82, 2.24) is 9.62 Å². The second-order valence-electron chi connectivity index (χ2n) is 7.87. The first-order chi connectivity index (χ1) is 15.4. The summed E-state index contributed by atoms with van der Waals surface area (Å²) in [6.07, 6.45) is 0.990. The van der Waals surface area contributed by atoms with Crippen LogP contribution < -0.4 is 5.32 Å². The Hall–Kier alpha value is -3.23. The predicted octanol–water partition coefficient (Wildman–Crippen LogP) is 2.81. The molecule has 1 aliphatic heterocycles. The van der Waals surface area contributed by atoms with Crippen molar-refractivity contribution < 1.29 is 23.1 Å². The van der Waals surface area contributed by atoms with Gasteiger partial charge < -0.3 is 10.4 Å². The molecule has 0 unspecified atom stereocenters. The van der Waals surface area contributed by atoms with Crippen molar-refractivity contribution >= 4 is 32.7 Å². The van der Waals surface area contributed by atoms with E-state index in [2.05, 4.69) is 5.32 Å². The summed E-state index contributed by atoms with van der Waals surface area (Å²) >= 11 is 0. The fourth-order valence-electron chi connectivity index (χ4n) is 4.07. The molecule has 2 N–H and O–H groups in total. The van der Waals surface area contributed by atoms with Gasteiger partial charge in [0.05, 0.1) is 4.90 Å². The number of carboxylic acids is 1. The number of sulfonamides is 1. The minimum Gasteiger partial charge on any atom is -0.480 e. The lowest BCUT2D eigenvalue weighted by Gasteiger charge is -2.25. The van der Waals surface area contributed by atoms with Gasteiger partial charge in [0.15, 0.2) is 0 Å². The standard InChI is InChI=1S/C24H24N2O5S/c27-23(25-21(24(28)29)15-17-7-2-1-3-8-17)22-11-6-14-26(22)32(30,31)20-13-12-18-9-4-5-10-19(18)16-20/h1-5,7-10,12-13,16,21-22H,6,11,14-15H2,(H,25,27)(H,28,29)/t21-,22-/m0/s1. The first-order valence-electron chi connectivity index (χ1n) is 10.4. The van der Waals surface area contributed by atoms with Crippen molar-refractivity contribution in [2.24, 2.45) is 0 Å². The molecule has 1 fully saturated rings. The van der Waals surface area contributed by atoms with Crippen LogP contribution in [-0.4, -0.2) is 48.3 Å². The Balaban J connectivity index is 1.54. The van der Waals surface area contributed by atoms with E-state index in [1.807, 2.05) is 30.3 Å². The minimum absolute atomic E-state index is 0.117. The third kappa shape index (κ3) is 4.51. The molecule has 7 nitrogen and oxygen atoms in total. The average molecular weight is 453 g/mol. The number of carboxylic acid groups (broad SMARTS) is 1. The Morgan fingerprint density at radius 2 is 1.69 bits per heavy atom. The molecule has 1 heterocycles. The van der Waals surface area contributed by atoms with Crippen molar-refractivity contribution in [3.05, 3.63) is 78.4 Å². The third-order valence-electron chi connectivity index (χ3n) is 5.73. The van der Waals surface area contributed by atoms with Gasteiger partial charge in [-0.05, 0) is 41.3 Å². The van der Waals surface area contributed by atoms with Crippen molar-refractivity contribution in [2.45, 2.75) is 36.2 Å². The Morgan fingerprint density at radius 1 is 1.00 bits per heavy atom. The molecule has 0 aromatic heterocycles. The van der Waals surface area contributed by atoms with Gasteiger partial charge in [-0.3, -0.25) is 4.79 Å². The van der Waals surface area contributed by atoms with Crippen molar-refractivity contribution in [3.63, 3.8) is 0 Å². The van der Waals surface area contributed by atoms with Crippen LogP contribution in [0.5, 0.6) is 0 Å². The van der Waals surface area contributed by atoms with E-state index in [-0.39, 0.29) is 17.9 Å². The maximum atomic E-state index is 13.3. The van der Waals surface area contributed by atoms with Crippen molar-refractivity contribution in [3.8, 4) is 0 Å². The van der Waals surface area contributed by atoms with Crippen LogP contribution >= 0.6 is 0 Å². The number of carbonyl (C=O) groups is 2. The number of aliphatic carboxylic acids is 1. The zero-order valence-corrected chi connectivity index (χ0v) is 18.2. The molecule has 4 rings (SSSR count). The quantitative estimate of drug-likeness (QED) is 0.574. The van der Waals surface area contributed by atoms with E-state index in [0.717, 1.165) is 16.3 Å². The molecular formula is C24H24N2O5S. The molecule has 0 aliphatic carbocycles. The molecule has 3 aromatic rings. The van der Waals surface area contributed by atoms with Crippen LogP contribution in [0.15, 0.2) is 77.7 Å². The van der Waals surface area contributed by atoms with Crippen LogP contribution in [0.1, 0.15) is 18.4 Å². The minimum atomic E-state index is -3.91. The molecular weight excluding hydrogens is 428 g/mol. The molecule has 32 heavy (non-hydrogen) atoms. The number of hydrogen-bond acceptors (Lipinski definition) is 4. The van der Waals surface area contributed by atoms with Gasteiger partial charge >= 0.3 is 5.97 Å². The highest BCUT2D eigenvalue weighted by Gasteiger charge is 2.40. The number of hydrogen-bond donors (Lipinski definition) is 2. The number of fused-ring (bicyclic) bond motifs is 1. The number of benzene rings is 3. The highest BCUT2D eigenvalue weighted by Crippen LogP contribution is 2.28. The van der Waals surface area contributed by atoms with Gasteiger partial charge in [0.1, 0.15) is 12.1 Å². The summed E-state index contributed by atoms with van der Waals surface area (Å²) in [4.78, 5) is 24.8. The topological polar surface area (TPSA) is 104 Å². The largest absolute Gasteiger partial charge is 0.480 e. The molecule has 1 saturated heterocycles. The molecule has 2 atom stereocenters. The summed E-state index contributed by atoms with van der Waals surface area (Å²) in [6.45, 7) is 0.212. The third-order valence-corrected chi connectivity index (χ3v) is 7.64. The summed E-state index contributed by atoms with van der Waals surface area (Å²) in [7, 11) is -3.91. The van der Waals surface area contributed by atoms with E-state index in [4.69, 9.17) is 0 Å². The second-order valence-corrected chi connectivity index (χ2v) is 9.76. The Labute approximate surface area is 186 Å². The van der Waals surface area contributed by atoms with Crippen LogP contribution in [0.3, 0.4) is 0 Å². The normalized spacial score (nSPS) is 17.8. The van der Waals surface area contributed by atoms with E-state index in [9.17, 15) is 23.1 Å². The van der Waals surface area contributed by atoms with E-state index in [0.29, 0.717) is 12.8 Å². The second kappa shape index (κ2) is 9.10. The number of nitrogens with one attached hydrogen (secondary N) is 1. The maximum Gasteiger partial charge on any atom is 0.326 e. The Bertz CT molecular complexity index is 1240. The Morgan fingerprint density at radius 3 is 2.41 bits per heavy atom. The van der Waals surface area contributed by atoms with E-state index in [1.165, 1.54) is 4.31 Å². The number of rotatable bonds is 7. The molecule has 0 spiro atoms. The number of amides is 1. The highest BCUT2D eigenvalue weighted by molar-refractivity contribution is 7.89. The van der Waals surface area contributed by atoms with E-state index in [1.54, 1.807) is 42.5 Å². The van der Waals surface area contributed by atoms with Crippen LogP contribution in [0.2, 0.25) is 0 Å². The summed E-state index contributed by atoms with van der Waals surface area (Å²) in [5, 5.41) is 13.8. The van der Waals surface area contributed by atoms with Crippen LogP contribution in [0.4, 0.5) is 0 Å². The number of nitrogens with zero attached hydrogens (tertiary/aromatic N) is 1. The lowest BCUT2D eigenvalue weighted by atomic mass is 10.1. The molecule has 166 valence electrons. The van der Waals surface area contributed by atoms with Crippen LogP contribution in [0, 0.1) is 0 Å². The van der Waals surface area contributed by atoms with Gasteiger partial charge in [-0.2, -0.15) is 4.31 Å². The molecule has 1 aliphatic rings. The predicted molar refractivity (Wildman–Crippen MR) is 121 cm³/mol. The summed E-state index contributed by atoms with van der Waals surface area (Å²) in [5.74, 6) is -1.75. The summed E-state index contributed by atoms with van der Waals surface area (Å²) in [6, 6.07) is 19.3. The fourth-order valence-corrected chi connectivity index (χ4v) is 5.76. The SMILES string of the molecule is O=C(O)[C@H](Cc1ccccc1)NC(=O)[C@@H]1CCCN1S(=O)(=O)c1ccc2ccccc2c1. The van der Waals surface area contributed by atoms with Gasteiger partial charge in [-0.1, -0.05) is 60.7 Å². The van der Waals surface area contributed by atoms with Gasteiger partial charge in [0, 0.05) is 13.0 Å². The van der Waals surface area contributed by atoms with Crippen LogP contribution in [-0.2, 0) is 26.0 Å². The van der Waals surface area contributed by atoms with Gasteiger partial charge in [-0.25, -0.2) is 13.2 Å². The molecule has 0 saturated carbocycles. The first-order valence-corrected chi connectivity index (χ1v) is 11.9. The van der Waals surface area contributed by atoms with Gasteiger partial charge in [-0.15, -0.1) is 0 Å².